The van der Waals surface area contributed by atoms with Crippen LogP contribution in [0.15, 0.2) is 0 Å². The van der Waals surface area contributed by atoms with Crippen LogP contribution in [0.3, 0.4) is 0 Å². The van der Waals surface area contributed by atoms with E-state index in [9.17, 15) is 9.90 Å². The molecular formula is C20H36O7. The van der Waals surface area contributed by atoms with Crippen LogP contribution in [0.1, 0.15) is 67.2 Å². The van der Waals surface area contributed by atoms with E-state index in [4.69, 9.17) is 23.7 Å². The van der Waals surface area contributed by atoms with E-state index in [1.165, 1.54) is 0 Å². The molecule has 2 saturated heterocycles. The number of carbonyl (C=O) groups excluding carboxylic acids is 1. The number of hydrogen-bond acceptors (Lipinski definition) is 7. The normalized spacial score (nSPS) is 30.6. The summed E-state index contributed by atoms with van der Waals surface area (Å²) in [4.78, 5) is 12.4. The van der Waals surface area contributed by atoms with E-state index in [0.717, 1.165) is 25.7 Å². The first-order valence-corrected chi connectivity index (χ1v) is 10.1. The van der Waals surface area contributed by atoms with Gasteiger partial charge < -0.3 is 28.8 Å². The standard InChI is InChI=1S/C20H36O7/c1-7-9-13(10-8-2)18(22)23-11-15-17(27-20(5,6)26-15)16(21)14-12-24-19(3,4)25-14/h13-17,21H,7-12H2,1-6H3/t14-,15+,16-,17-/m1/s1. The quantitative estimate of drug-likeness (QED) is 0.608. The molecule has 0 radical (unpaired) electrons. The number of esters is 1. The van der Waals surface area contributed by atoms with Crippen molar-refractivity contribution < 1.29 is 33.6 Å². The highest BCUT2D eigenvalue weighted by atomic mass is 16.8. The first-order chi connectivity index (χ1) is 12.6. The van der Waals surface area contributed by atoms with Crippen LogP contribution in [0.25, 0.3) is 0 Å². The summed E-state index contributed by atoms with van der Waals surface area (Å²) in [7, 11) is 0. The number of aliphatic hydroxyl groups excluding tert-OH is 1. The number of carbonyl (C=O) groups is 1. The summed E-state index contributed by atoms with van der Waals surface area (Å²) in [6.45, 7) is 11.6. The number of rotatable bonds is 9. The number of ether oxygens (including phenoxy) is 5. The van der Waals surface area contributed by atoms with Gasteiger partial charge in [-0.2, -0.15) is 0 Å². The van der Waals surface area contributed by atoms with Gasteiger partial charge in [0.1, 0.15) is 31.0 Å². The summed E-state index contributed by atoms with van der Waals surface area (Å²) in [6, 6.07) is 0. The molecule has 0 aromatic heterocycles. The first kappa shape index (κ1) is 22.6. The molecule has 2 aliphatic rings. The Hall–Kier alpha value is -0.730. The Labute approximate surface area is 162 Å². The molecule has 0 saturated carbocycles. The lowest BCUT2D eigenvalue weighted by Gasteiger charge is -2.27. The van der Waals surface area contributed by atoms with E-state index < -0.39 is 36.0 Å². The lowest BCUT2D eigenvalue weighted by atomic mass is 9.98. The van der Waals surface area contributed by atoms with Crippen molar-refractivity contribution in [3.05, 3.63) is 0 Å². The zero-order valence-electron chi connectivity index (χ0n) is 17.5. The number of hydrogen-bond donors (Lipinski definition) is 1. The van der Waals surface area contributed by atoms with Crippen molar-refractivity contribution in [3.63, 3.8) is 0 Å². The molecule has 0 aliphatic carbocycles. The highest BCUT2D eigenvalue weighted by molar-refractivity contribution is 5.72. The van der Waals surface area contributed by atoms with Gasteiger partial charge in [0.05, 0.1) is 12.5 Å². The predicted octanol–water partition coefficient (Wildman–Crippen LogP) is 2.78. The highest BCUT2D eigenvalue weighted by Gasteiger charge is 2.50. The van der Waals surface area contributed by atoms with Gasteiger partial charge in [-0.1, -0.05) is 26.7 Å². The lowest BCUT2D eigenvalue weighted by Crippen LogP contribution is -2.46. The van der Waals surface area contributed by atoms with Crippen molar-refractivity contribution >= 4 is 5.97 Å². The van der Waals surface area contributed by atoms with Crippen molar-refractivity contribution in [1.82, 2.24) is 0 Å². The van der Waals surface area contributed by atoms with Crippen LogP contribution < -0.4 is 0 Å². The molecule has 0 spiro atoms. The molecule has 158 valence electrons. The molecule has 0 bridgehead atoms. The Bertz CT molecular complexity index is 485. The third-order valence-corrected chi connectivity index (χ3v) is 4.97. The summed E-state index contributed by atoms with van der Waals surface area (Å²) >= 11 is 0. The van der Waals surface area contributed by atoms with Gasteiger partial charge in [0.2, 0.25) is 0 Å². The molecule has 4 atom stereocenters. The fraction of sp³-hybridized carbons (Fsp3) is 0.950. The molecule has 2 fully saturated rings. The molecule has 2 rings (SSSR count). The Morgan fingerprint density at radius 2 is 1.70 bits per heavy atom. The largest absolute Gasteiger partial charge is 0.463 e. The van der Waals surface area contributed by atoms with E-state index >= 15 is 0 Å². The molecule has 27 heavy (non-hydrogen) atoms. The molecule has 0 amide bonds. The Morgan fingerprint density at radius 1 is 1.07 bits per heavy atom. The zero-order chi connectivity index (χ0) is 20.2. The molecule has 0 unspecified atom stereocenters. The summed E-state index contributed by atoms with van der Waals surface area (Å²) in [6.07, 6.45) is 0.815. The second-order valence-corrected chi connectivity index (χ2v) is 8.40. The van der Waals surface area contributed by atoms with Gasteiger partial charge in [-0.15, -0.1) is 0 Å². The van der Waals surface area contributed by atoms with Crippen molar-refractivity contribution in [3.8, 4) is 0 Å². The fourth-order valence-corrected chi connectivity index (χ4v) is 3.74. The third-order valence-electron chi connectivity index (χ3n) is 4.97. The smallest absolute Gasteiger partial charge is 0.309 e. The topological polar surface area (TPSA) is 83.5 Å². The minimum absolute atomic E-state index is 0.0465. The third kappa shape index (κ3) is 6.12. The van der Waals surface area contributed by atoms with Gasteiger partial charge in [0.15, 0.2) is 11.6 Å². The second-order valence-electron chi connectivity index (χ2n) is 8.40. The Morgan fingerprint density at radius 3 is 2.22 bits per heavy atom. The average molecular weight is 389 g/mol. The van der Waals surface area contributed by atoms with Crippen LogP contribution in [0.5, 0.6) is 0 Å². The SMILES string of the molecule is CCCC(CCC)C(=O)OC[C@@H]1OC(C)(C)O[C@H]1[C@H](O)[C@H]1COC(C)(C)O1. The lowest BCUT2D eigenvalue weighted by molar-refractivity contribution is -0.179. The maximum absolute atomic E-state index is 12.4. The van der Waals surface area contributed by atoms with Gasteiger partial charge >= 0.3 is 5.97 Å². The highest BCUT2D eigenvalue weighted by Crippen LogP contribution is 2.34. The second kappa shape index (κ2) is 9.18. The van der Waals surface area contributed by atoms with Crippen LogP contribution >= 0.6 is 0 Å². The van der Waals surface area contributed by atoms with Crippen LogP contribution in [0, 0.1) is 5.92 Å². The molecular weight excluding hydrogens is 352 g/mol. The van der Waals surface area contributed by atoms with Gasteiger partial charge in [0, 0.05) is 0 Å². The average Bonchev–Trinajstić information content (AvgIpc) is 3.10. The maximum Gasteiger partial charge on any atom is 0.309 e. The van der Waals surface area contributed by atoms with Crippen molar-refractivity contribution in [2.24, 2.45) is 5.92 Å². The molecule has 0 aromatic carbocycles. The van der Waals surface area contributed by atoms with Crippen LogP contribution in [-0.2, 0) is 28.5 Å². The van der Waals surface area contributed by atoms with Crippen molar-refractivity contribution in [2.75, 3.05) is 13.2 Å². The zero-order valence-corrected chi connectivity index (χ0v) is 17.5. The van der Waals surface area contributed by atoms with E-state index in [-0.39, 0.29) is 25.1 Å². The Kier molecular flexibility index (Phi) is 7.67. The van der Waals surface area contributed by atoms with Crippen LogP contribution in [-0.4, -0.2) is 60.3 Å². The monoisotopic (exact) mass is 388 g/mol. The maximum atomic E-state index is 12.4. The molecule has 7 heteroatoms. The van der Waals surface area contributed by atoms with Gasteiger partial charge in [0.25, 0.3) is 0 Å². The predicted molar refractivity (Wildman–Crippen MR) is 99.0 cm³/mol. The van der Waals surface area contributed by atoms with E-state index in [1.54, 1.807) is 27.7 Å². The van der Waals surface area contributed by atoms with Crippen LogP contribution in [0.4, 0.5) is 0 Å². The fourth-order valence-electron chi connectivity index (χ4n) is 3.74. The minimum atomic E-state index is -0.945. The summed E-state index contributed by atoms with van der Waals surface area (Å²) in [5.41, 5.74) is 0. The van der Waals surface area contributed by atoms with E-state index in [1.807, 2.05) is 0 Å². The summed E-state index contributed by atoms with van der Waals surface area (Å²) < 4.78 is 28.6. The molecule has 7 nitrogen and oxygen atoms in total. The summed E-state index contributed by atoms with van der Waals surface area (Å²) in [5.74, 6) is -1.91. The minimum Gasteiger partial charge on any atom is -0.463 e. The molecule has 0 aromatic rings. The first-order valence-electron chi connectivity index (χ1n) is 10.1. The van der Waals surface area contributed by atoms with E-state index in [2.05, 4.69) is 13.8 Å². The van der Waals surface area contributed by atoms with Gasteiger partial charge in [-0.25, -0.2) is 0 Å². The van der Waals surface area contributed by atoms with E-state index in [0.29, 0.717) is 0 Å². The number of aliphatic hydroxyl groups is 1. The molecule has 2 heterocycles. The van der Waals surface area contributed by atoms with Gasteiger partial charge in [-0.05, 0) is 40.5 Å². The van der Waals surface area contributed by atoms with Crippen LogP contribution in [0.2, 0.25) is 0 Å². The summed E-state index contributed by atoms with van der Waals surface area (Å²) in [5, 5.41) is 10.8. The molecule has 1 N–H and O–H groups in total. The van der Waals surface area contributed by atoms with Crippen molar-refractivity contribution in [1.29, 1.82) is 0 Å². The van der Waals surface area contributed by atoms with Gasteiger partial charge in [-0.3, -0.25) is 4.79 Å². The molecule has 2 aliphatic heterocycles. The van der Waals surface area contributed by atoms with Crippen molar-refractivity contribution in [2.45, 2.75) is 103 Å². The Balaban J connectivity index is 1.97.